The average molecular weight is 217 g/mol. The number of hydrogen-bond acceptors (Lipinski definition) is 5. The molecule has 0 atom stereocenters. The minimum Gasteiger partial charge on any atom is -0.508 e. The normalized spacial score (nSPS) is 10.1. The number of nitrogens with zero attached hydrogens (tertiary/aromatic N) is 2. The third kappa shape index (κ3) is 2.26. The van der Waals surface area contributed by atoms with Crippen LogP contribution in [0, 0.1) is 0 Å². The summed E-state index contributed by atoms with van der Waals surface area (Å²) < 4.78 is 5.03. The van der Waals surface area contributed by atoms with Gasteiger partial charge in [0.25, 0.3) is 0 Å². The molecule has 2 rings (SSSR count). The first-order valence-electron chi connectivity index (χ1n) is 4.74. The number of phenols is 1. The van der Waals surface area contributed by atoms with Crippen LogP contribution in [0.2, 0.25) is 0 Å². The second kappa shape index (κ2) is 4.59. The van der Waals surface area contributed by atoms with Gasteiger partial charge in [0, 0.05) is 5.56 Å². The maximum atomic E-state index is 9.14. The highest BCUT2D eigenvalue weighted by Gasteiger charge is 2.01. The zero-order chi connectivity index (χ0) is 11.4. The SMILES string of the molecule is NCOc1cnc(-c2ccc(O)cc2)nc1. The van der Waals surface area contributed by atoms with Crippen molar-refractivity contribution in [3.05, 3.63) is 36.7 Å². The molecule has 3 N–H and O–H groups in total. The van der Waals surface area contributed by atoms with Crippen molar-refractivity contribution in [1.82, 2.24) is 9.97 Å². The van der Waals surface area contributed by atoms with Crippen LogP contribution >= 0.6 is 0 Å². The molecule has 0 saturated heterocycles. The van der Waals surface area contributed by atoms with E-state index in [9.17, 15) is 0 Å². The monoisotopic (exact) mass is 217 g/mol. The van der Waals surface area contributed by atoms with Crippen molar-refractivity contribution < 1.29 is 9.84 Å². The van der Waals surface area contributed by atoms with Crippen LogP contribution in [0.5, 0.6) is 11.5 Å². The summed E-state index contributed by atoms with van der Waals surface area (Å²) in [5.41, 5.74) is 6.05. The third-order valence-corrected chi connectivity index (χ3v) is 2.00. The Morgan fingerprint density at radius 3 is 2.31 bits per heavy atom. The highest BCUT2D eigenvalue weighted by atomic mass is 16.5. The van der Waals surface area contributed by atoms with E-state index in [1.165, 1.54) is 0 Å². The van der Waals surface area contributed by atoms with Crippen LogP contribution in [0.25, 0.3) is 11.4 Å². The van der Waals surface area contributed by atoms with Crippen LogP contribution in [0.1, 0.15) is 0 Å². The molecule has 16 heavy (non-hydrogen) atoms. The first-order valence-corrected chi connectivity index (χ1v) is 4.74. The Morgan fingerprint density at radius 1 is 1.12 bits per heavy atom. The maximum Gasteiger partial charge on any atom is 0.159 e. The van der Waals surface area contributed by atoms with Crippen molar-refractivity contribution in [2.24, 2.45) is 5.73 Å². The van der Waals surface area contributed by atoms with E-state index in [2.05, 4.69) is 9.97 Å². The minimum atomic E-state index is 0.0991. The lowest BCUT2D eigenvalue weighted by molar-refractivity contribution is 0.327. The largest absolute Gasteiger partial charge is 0.508 e. The molecule has 0 saturated carbocycles. The molecule has 1 aromatic carbocycles. The quantitative estimate of drug-likeness (QED) is 0.753. The number of nitrogens with two attached hydrogens (primary N) is 1. The van der Waals surface area contributed by atoms with Gasteiger partial charge in [0.2, 0.25) is 0 Å². The molecule has 5 heteroatoms. The molecule has 0 aliphatic heterocycles. The van der Waals surface area contributed by atoms with Crippen molar-refractivity contribution in [3.63, 3.8) is 0 Å². The van der Waals surface area contributed by atoms with Gasteiger partial charge in [0.1, 0.15) is 12.5 Å². The van der Waals surface area contributed by atoms with E-state index in [0.717, 1.165) is 5.56 Å². The van der Waals surface area contributed by atoms with Gasteiger partial charge in [-0.2, -0.15) is 0 Å². The summed E-state index contributed by atoms with van der Waals surface area (Å²) >= 11 is 0. The second-order valence-corrected chi connectivity index (χ2v) is 3.10. The molecule has 0 spiro atoms. The maximum absolute atomic E-state index is 9.14. The molecular weight excluding hydrogens is 206 g/mol. The van der Waals surface area contributed by atoms with E-state index in [0.29, 0.717) is 11.6 Å². The summed E-state index contributed by atoms with van der Waals surface area (Å²) in [6.07, 6.45) is 3.12. The number of rotatable bonds is 3. The third-order valence-electron chi connectivity index (χ3n) is 2.00. The van der Waals surface area contributed by atoms with Gasteiger partial charge < -0.3 is 9.84 Å². The number of aromatic hydroxyl groups is 1. The van der Waals surface area contributed by atoms with Gasteiger partial charge in [-0.1, -0.05) is 0 Å². The van der Waals surface area contributed by atoms with Crippen molar-refractivity contribution in [3.8, 4) is 22.9 Å². The van der Waals surface area contributed by atoms with Crippen LogP contribution in [0.4, 0.5) is 0 Å². The Morgan fingerprint density at radius 2 is 1.75 bits per heavy atom. The molecule has 1 heterocycles. The molecule has 5 nitrogen and oxygen atoms in total. The van der Waals surface area contributed by atoms with E-state index >= 15 is 0 Å². The molecule has 82 valence electrons. The Kier molecular flexibility index (Phi) is 2.98. The highest BCUT2D eigenvalue weighted by Crippen LogP contribution is 2.19. The molecule has 0 radical (unpaired) electrons. The van der Waals surface area contributed by atoms with Crippen molar-refractivity contribution in [2.75, 3.05) is 6.73 Å². The fourth-order valence-corrected chi connectivity index (χ4v) is 1.25. The first kappa shape index (κ1) is 10.4. The van der Waals surface area contributed by atoms with Gasteiger partial charge >= 0.3 is 0 Å². The summed E-state index contributed by atoms with van der Waals surface area (Å²) in [4.78, 5) is 8.25. The Hall–Kier alpha value is -2.14. The van der Waals surface area contributed by atoms with Gasteiger partial charge in [0.05, 0.1) is 12.4 Å². The topological polar surface area (TPSA) is 81.3 Å². The van der Waals surface area contributed by atoms with Gasteiger partial charge in [-0.3, -0.25) is 5.73 Å². The molecule has 1 aromatic heterocycles. The Bertz CT molecular complexity index is 454. The molecule has 0 amide bonds. The summed E-state index contributed by atoms with van der Waals surface area (Å²) in [6, 6.07) is 6.66. The van der Waals surface area contributed by atoms with E-state index in [1.54, 1.807) is 36.7 Å². The van der Waals surface area contributed by atoms with Gasteiger partial charge in [-0.15, -0.1) is 0 Å². The zero-order valence-electron chi connectivity index (χ0n) is 8.50. The molecule has 0 aliphatic rings. The summed E-state index contributed by atoms with van der Waals surface area (Å²) in [6.45, 7) is 0.0991. The minimum absolute atomic E-state index is 0.0991. The molecular formula is C11H11N3O2. The lowest BCUT2D eigenvalue weighted by Crippen LogP contribution is -2.07. The zero-order valence-corrected chi connectivity index (χ0v) is 8.50. The molecule has 0 bridgehead atoms. The molecule has 0 fully saturated rings. The molecule has 0 unspecified atom stereocenters. The van der Waals surface area contributed by atoms with E-state index < -0.39 is 0 Å². The van der Waals surface area contributed by atoms with E-state index in [-0.39, 0.29) is 12.5 Å². The number of phenolic OH excluding ortho intramolecular Hbond substituents is 1. The lowest BCUT2D eigenvalue weighted by atomic mass is 10.2. The van der Waals surface area contributed by atoms with Gasteiger partial charge in [0.15, 0.2) is 11.6 Å². The van der Waals surface area contributed by atoms with Crippen molar-refractivity contribution >= 4 is 0 Å². The summed E-state index contributed by atoms with van der Waals surface area (Å²) in [7, 11) is 0. The van der Waals surface area contributed by atoms with Gasteiger partial charge in [-0.25, -0.2) is 9.97 Å². The van der Waals surface area contributed by atoms with E-state index in [4.69, 9.17) is 15.6 Å². The molecule has 0 aliphatic carbocycles. The van der Waals surface area contributed by atoms with Crippen LogP contribution in [0.15, 0.2) is 36.7 Å². The van der Waals surface area contributed by atoms with Gasteiger partial charge in [-0.05, 0) is 24.3 Å². The van der Waals surface area contributed by atoms with Crippen molar-refractivity contribution in [2.45, 2.75) is 0 Å². The fraction of sp³-hybridized carbons (Fsp3) is 0.0909. The molecule has 2 aromatic rings. The Balaban J connectivity index is 2.24. The fourth-order valence-electron chi connectivity index (χ4n) is 1.25. The number of aromatic nitrogens is 2. The summed E-state index contributed by atoms with van der Waals surface area (Å²) in [5.74, 6) is 1.32. The Labute approximate surface area is 92.5 Å². The first-order chi connectivity index (χ1) is 7.79. The van der Waals surface area contributed by atoms with Crippen LogP contribution in [0.3, 0.4) is 0 Å². The summed E-state index contributed by atoms with van der Waals surface area (Å²) in [5, 5.41) is 9.14. The highest BCUT2D eigenvalue weighted by molar-refractivity contribution is 5.55. The number of hydrogen-bond donors (Lipinski definition) is 2. The number of ether oxygens (including phenoxy) is 1. The van der Waals surface area contributed by atoms with Crippen LogP contribution in [-0.4, -0.2) is 21.8 Å². The smallest absolute Gasteiger partial charge is 0.159 e. The van der Waals surface area contributed by atoms with E-state index in [1.807, 2.05) is 0 Å². The van der Waals surface area contributed by atoms with Crippen LogP contribution in [-0.2, 0) is 0 Å². The standard InChI is InChI=1S/C11H11N3O2/c12-7-16-10-5-13-11(14-6-10)8-1-3-9(15)4-2-8/h1-6,15H,7,12H2. The predicted octanol–water partition coefficient (Wildman–Crippen LogP) is 1.14. The lowest BCUT2D eigenvalue weighted by Gasteiger charge is -2.03. The van der Waals surface area contributed by atoms with Crippen LogP contribution < -0.4 is 10.5 Å². The average Bonchev–Trinajstić information content (AvgIpc) is 2.32. The predicted molar refractivity (Wildman–Crippen MR) is 58.8 cm³/mol. The van der Waals surface area contributed by atoms with Crippen molar-refractivity contribution in [1.29, 1.82) is 0 Å². The number of benzene rings is 1. The second-order valence-electron chi connectivity index (χ2n) is 3.10.